The molecule has 0 aromatic rings. The quantitative estimate of drug-likeness (QED) is 0.0152. The molecular formula is C92H146O4. The first-order valence-electron chi connectivity index (χ1n) is 38.0. The Morgan fingerprint density at radius 3 is 0.469 bits per heavy atom. The third-order valence-electron chi connectivity index (χ3n) is 18.1. The molecule has 0 aromatic carbocycles. The van der Waals surface area contributed by atoms with Gasteiger partial charge in [0.2, 0.25) is 0 Å². The molecule has 4 heteroatoms. The van der Waals surface area contributed by atoms with Crippen LogP contribution in [0.15, 0.2) is 210 Å². The van der Waals surface area contributed by atoms with Crippen LogP contribution in [0.1, 0.15) is 344 Å². The number of esters is 2. The Morgan fingerprint density at radius 2 is 0.333 bits per heavy atom. The summed E-state index contributed by atoms with van der Waals surface area (Å²) in [6, 6.07) is 0. The van der Waals surface area contributed by atoms with Crippen LogP contribution in [0.4, 0.5) is 0 Å². The van der Waals surface area contributed by atoms with Crippen molar-refractivity contribution < 1.29 is 19.1 Å². The van der Waals surface area contributed by atoms with Crippen molar-refractivity contribution in [3.8, 4) is 0 Å². The summed E-state index contributed by atoms with van der Waals surface area (Å²) in [7, 11) is 0. The Labute approximate surface area is 594 Å². The summed E-state index contributed by atoms with van der Waals surface area (Å²) in [5.41, 5.74) is 25.0. The molecule has 0 N–H and O–H groups in total. The monoisotopic (exact) mass is 1320 g/mol. The Hall–Kier alpha value is -5.74. The van der Waals surface area contributed by atoms with Gasteiger partial charge in [0.15, 0.2) is 0 Å². The van der Waals surface area contributed by atoms with Gasteiger partial charge in [-0.1, -0.05) is 198 Å². The van der Waals surface area contributed by atoms with Crippen molar-refractivity contribution in [1.29, 1.82) is 0 Å². The maximum atomic E-state index is 12.2. The average Bonchev–Trinajstić information content (AvgIpc) is 1.99. The number of allylic oxidation sites excluding steroid dienone is 35. The van der Waals surface area contributed by atoms with Crippen molar-refractivity contribution in [2.45, 2.75) is 344 Å². The van der Waals surface area contributed by atoms with E-state index >= 15 is 0 Å². The summed E-state index contributed by atoms with van der Waals surface area (Å²) in [6.45, 7) is 44.7. The van der Waals surface area contributed by atoms with Gasteiger partial charge in [0.25, 0.3) is 0 Å². The molecule has 0 unspecified atom stereocenters. The van der Waals surface area contributed by atoms with Crippen molar-refractivity contribution >= 4 is 11.9 Å². The van der Waals surface area contributed by atoms with Gasteiger partial charge in [0, 0.05) is 0 Å². The minimum Gasteiger partial charge on any atom is -0.462 e. The van der Waals surface area contributed by atoms with Gasteiger partial charge in [-0.3, -0.25) is 0 Å². The van der Waals surface area contributed by atoms with E-state index < -0.39 is 11.9 Å². The summed E-state index contributed by atoms with van der Waals surface area (Å²) in [4.78, 5) is 24.4. The number of carbonyl (C=O) groups excluding carboxylic acids is 2. The summed E-state index contributed by atoms with van der Waals surface area (Å²) in [6.07, 6.45) is 78.5. The van der Waals surface area contributed by atoms with Crippen molar-refractivity contribution in [1.82, 2.24) is 0 Å². The zero-order valence-electron chi connectivity index (χ0n) is 66.1. The molecule has 0 bridgehead atoms. The van der Waals surface area contributed by atoms with Crippen molar-refractivity contribution in [2.24, 2.45) is 0 Å². The van der Waals surface area contributed by atoms with Crippen LogP contribution in [0.3, 0.4) is 0 Å². The fourth-order valence-corrected chi connectivity index (χ4v) is 11.3. The molecule has 0 spiro atoms. The molecule has 0 rings (SSSR count). The van der Waals surface area contributed by atoms with E-state index in [2.05, 4.69) is 215 Å². The van der Waals surface area contributed by atoms with Gasteiger partial charge < -0.3 is 9.47 Å². The topological polar surface area (TPSA) is 52.6 Å². The predicted molar refractivity (Wildman–Crippen MR) is 429 cm³/mol. The van der Waals surface area contributed by atoms with Crippen LogP contribution in [0, 0.1) is 0 Å². The first-order valence-corrected chi connectivity index (χ1v) is 38.0. The highest BCUT2D eigenvalue weighted by molar-refractivity contribution is 6.14. The average molecular weight is 1320 g/mol. The molecule has 4 nitrogen and oxygen atoms in total. The fraction of sp³-hybridized carbons (Fsp3) is 0.587. The molecule has 0 aliphatic rings. The lowest BCUT2D eigenvalue weighted by Crippen LogP contribution is -2.18. The second-order valence-electron chi connectivity index (χ2n) is 28.7. The van der Waals surface area contributed by atoms with Gasteiger partial charge >= 0.3 is 11.9 Å². The van der Waals surface area contributed by atoms with E-state index in [9.17, 15) is 9.59 Å². The minimum atomic E-state index is -0.650. The van der Waals surface area contributed by atoms with E-state index in [0.29, 0.717) is 0 Å². The summed E-state index contributed by atoms with van der Waals surface area (Å²) in [5.74, 6) is -1.30. The molecular weight excluding hydrogens is 1170 g/mol. The number of rotatable bonds is 53. The SMILES string of the molecule is CCOC(=O)C(=C/C=C(/C)CC/C=C(/C)CC/C=C(/C)CC/C=C(/C)CC/C=C(/C)CC/C=C(/C)CC/C=C(/C)CC/C=C(/C)CC/C=C(/C)CC/C=C(/C)CC/C=C(/C)CC/C=C(/C)CC/C=C(/C)CC/C=C(/C)CC/C=C(\C)CC/C=C(\C)CCC=C(C)C)C(=O)OCC. The Morgan fingerprint density at radius 1 is 0.198 bits per heavy atom. The Kier molecular flexibility index (Phi) is 55.8. The first-order chi connectivity index (χ1) is 45.8. The summed E-state index contributed by atoms with van der Waals surface area (Å²) >= 11 is 0. The zero-order chi connectivity index (χ0) is 71.7. The third-order valence-corrected chi connectivity index (χ3v) is 18.1. The van der Waals surface area contributed by atoms with Gasteiger partial charge in [-0.25, -0.2) is 9.59 Å². The van der Waals surface area contributed by atoms with Crippen molar-refractivity contribution in [3.63, 3.8) is 0 Å². The van der Waals surface area contributed by atoms with E-state index in [4.69, 9.17) is 9.47 Å². The number of hydrogen-bond acceptors (Lipinski definition) is 4. The molecule has 0 saturated carbocycles. The van der Waals surface area contributed by atoms with Crippen LogP contribution in [-0.4, -0.2) is 25.2 Å². The molecule has 96 heavy (non-hydrogen) atoms. The molecule has 0 aliphatic carbocycles. The van der Waals surface area contributed by atoms with E-state index in [1.165, 1.54) is 134 Å². The lowest BCUT2D eigenvalue weighted by atomic mass is 10.0. The number of ether oxygens (including phenoxy) is 2. The van der Waals surface area contributed by atoms with Crippen LogP contribution >= 0.6 is 0 Å². The predicted octanol–water partition coefficient (Wildman–Crippen LogP) is 29.6. The largest absolute Gasteiger partial charge is 0.462 e. The van der Waals surface area contributed by atoms with Gasteiger partial charge in [0.05, 0.1) is 13.2 Å². The smallest absolute Gasteiger partial charge is 0.345 e. The molecule has 0 fully saturated rings. The number of hydrogen-bond donors (Lipinski definition) is 0. The standard InChI is InChI=1S/C92H146O4/c1-21-95-91(93)90(92(94)96-22-2)72-71-89(20)70-38-69-88(19)68-37-67-87(18)66-36-65-86(17)64-35-63-85(16)62-34-61-84(15)60-33-59-83(14)58-32-57-82(13)56-31-55-81(12)54-30-53-80(11)52-29-51-79(10)50-28-49-78(9)48-27-47-77(8)46-26-45-76(7)44-25-43-75(6)42-24-41-74(5)40-23-39-73(3)4/h39,41,43,45,47,49,51,53,55,57,59,61,63,65,67,69,71-72H,21-38,40,42,44,46,48,50,52,54,56,58,60,62,64,66,68,70H2,1-20H3/b74-41+,75-43+,76-45-,77-47-,78-49-,79-51-,80-53-,81-55-,82-57-,83-59-,84-61-,85-63-,86-65-,87-67-,88-69-,89-71-. The number of carbonyl (C=O) groups is 2. The fourth-order valence-electron chi connectivity index (χ4n) is 11.3. The summed E-state index contributed by atoms with van der Waals surface area (Å²) < 4.78 is 10.1. The molecule has 0 radical (unpaired) electrons. The van der Waals surface area contributed by atoms with Crippen LogP contribution in [-0.2, 0) is 19.1 Å². The maximum absolute atomic E-state index is 12.2. The van der Waals surface area contributed by atoms with Gasteiger partial charge in [-0.05, 0) is 350 Å². The molecule has 0 aromatic heterocycles. The lowest BCUT2D eigenvalue weighted by molar-refractivity contribution is -0.146. The molecule has 0 amide bonds. The van der Waals surface area contributed by atoms with Crippen LogP contribution in [0.25, 0.3) is 0 Å². The molecule has 0 heterocycles. The highest BCUT2D eigenvalue weighted by Crippen LogP contribution is 2.22. The van der Waals surface area contributed by atoms with Crippen LogP contribution < -0.4 is 0 Å². The molecule has 538 valence electrons. The van der Waals surface area contributed by atoms with Crippen LogP contribution in [0.2, 0.25) is 0 Å². The Bertz CT molecular complexity index is 2800. The van der Waals surface area contributed by atoms with Crippen molar-refractivity contribution in [3.05, 3.63) is 210 Å². The molecule has 0 atom stereocenters. The van der Waals surface area contributed by atoms with E-state index in [-0.39, 0.29) is 18.8 Å². The first kappa shape index (κ1) is 90.3. The van der Waals surface area contributed by atoms with Gasteiger partial charge in [-0.2, -0.15) is 0 Å². The second-order valence-corrected chi connectivity index (χ2v) is 28.7. The van der Waals surface area contributed by atoms with E-state index in [1.54, 1.807) is 13.8 Å². The third kappa shape index (κ3) is 56.3. The molecule has 0 aliphatic heterocycles. The van der Waals surface area contributed by atoms with Gasteiger partial charge in [0.1, 0.15) is 5.57 Å². The van der Waals surface area contributed by atoms with Crippen molar-refractivity contribution in [2.75, 3.05) is 13.2 Å². The van der Waals surface area contributed by atoms with Crippen LogP contribution in [0.5, 0.6) is 0 Å². The highest BCUT2D eigenvalue weighted by Gasteiger charge is 2.20. The zero-order valence-corrected chi connectivity index (χ0v) is 66.1. The van der Waals surface area contributed by atoms with E-state index in [0.717, 1.165) is 173 Å². The van der Waals surface area contributed by atoms with E-state index in [1.807, 2.05) is 13.0 Å². The highest BCUT2D eigenvalue weighted by atomic mass is 16.6. The lowest BCUT2D eigenvalue weighted by Gasteiger charge is -2.06. The van der Waals surface area contributed by atoms with Gasteiger partial charge in [-0.15, -0.1) is 0 Å². The minimum absolute atomic E-state index is 0.0697. The Balaban J connectivity index is 4.42. The summed E-state index contributed by atoms with van der Waals surface area (Å²) in [5, 5.41) is 0. The molecule has 0 saturated heterocycles. The second kappa shape index (κ2) is 59.3. The normalized spacial score (nSPS) is 14.7. The maximum Gasteiger partial charge on any atom is 0.345 e.